The molecule has 0 radical (unpaired) electrons. The van der Waals surface area contributed by atoms with Crippen LogP contribution in [0.25, 0.3) is 0 Å². The Kier molecular flexibility index (Phi) is 4.02. The number of fused-ring (bicyclic) bond motifs is 1. The molecule has 0 aliphatic carbocycles. The van der Waals surface area contributed by atoms with Crippen molar-refractivity contribution < 1.29 is 24.4 Å². The van der Waals surface area contributed by atoms with Crippen molar-refractivity contribution in [3.05, 3.63) is 75.3 Å². The van der Waals surface area contributed by atoms with Gasteiger partial charge in [-0.05, 0) is 11.6 Å². The Balaban J connectivity index is 2.11. The molecule has 0 spiro atoms. The first-order chi connectivity index (χ1) is 11.9. The van der Waals surface area contributed by atoms with Gasteiger partial charge in [0.25, 0.3) is 17.5 Å². The lowest BCUT2D eigenvalue weighted by molar-refractivity contribution is -0.385. The minimum absolute atomic E-state index is 0.113. The lowest BCUT2D eigenvalue weighted by atomic mass is 10.0. The van der Waals surface area contributed by atoms with E-state index in [0.29, 0.717) is 5.56 Å². The second-order valence-electron chi connectivity index (χ2n) is 5.44. The van der Waals surface area contributed by atoms with Crippen LogP contribution in [0.1, 0.15) is 38.7 Å². The van der Waals surface area contributed by atoms with Crippen LogP contribution in [0, 0.1) is 10.1 Å². The number of carbonyl (C=O) groups excluding carboxylic acids is 3. The van der Waals surface area contributed by atoms with Gasteiger partial charge in [-0.2, -0.15) is 0 Å². The van der Waals surface area contributed by atoms with Crippen LogP contribution in [0.2, 0.25) is 0 Å². The first kappa shape index (κ1) is 16.3. The second-order valence-corrected chi connectivity index (χ2v) is 5.44. The fraction of sp³-hybridized carbons (Fsp3) is 0.118. The SMILES string of the molecule is O=C([O-])C[C@H](c1ccccc1)N1C(=O)c2cccc([N+](=O)[O-])c2C1=O. The van der Waals surface area contributed by atoms with E-state index >= 15 is 0 Å². The Bertz CT molecular complexity index is 893. The smallest absolute Gasteiger partial charge is 0.282 e. The van der Waals surface area contributed by atoms with Gasteiger partial charge in [0.15, 0.2) is 0 Å². The molecule has 0 saturated heterocycles. The van der Waals surface area contributed by atoms with E-state index in [2.05, 4.69) is 0 Å². The second kappa shape index (κ2) is 6.16. The molecule has 126 valence electrons. The number of imide groups is 1. The molecule has 1 heterocycles. The van der Waals surface area contributed by atoms with Crippen LogP contribution in [0.3, 0.4) is 0 Å². The summed E-state index contributed by atoms with van der Waals surface area (Å²) in [5, 5.41) is 22.3. The molecule has 3 rings (SSSR count). The van der Waals surface area contributed by atoms with E-state index in [1.54, 1.807) is 30.3 Å². The quantitative estimate of drug-likeness (QED) is 0.456. The molecule has 2 amide bonds. The van der Waals surface area contributed by atoms with E-state index in [4.69, 9.17) is 0 Å². The van der Waals surface area contributed by atoms with Crippen molar-refractivity contribution in [2.45, 2.75) is 12.5 Å². The molecule has 0 N–H and O–H groups in total. The van der Waals surface area contributed by atoms with Crippen LogP contribution in [0.5, 0.6) is 0 Å². The number of nitro benzene ring substituents is 1. The minimum Gasteiger partial charge on any atom is -0.550 e. The summed E-state index contributed by atoms with van der Waals surface area (Å²) < 4.78 is 0. The first-order valence-electron chi connectivity index (χ1n) is 7.32. The van der Waals surface area contributed by atoms with Crippen LogP contribution in [-0.2, 0) is 4.79 Å². The van der Waals surface area contributed by atoms with Crippen molar-refractivity contribution in [2.75, 3.05) is 0 Å². The number of carboxylic acids is 1. The highest BCUT2D eigenvalue weighted by molar-refractivity contribution is 6.23. The summed E-state index contributed by atoms with van der Waals surface area (Å²) >= 11 is 0. The van der Waals surface area contributed by atoms with Gasteiger partial charge in [0, 0.05) is 18.5 Å². The molecule has 25 heavy (non-hydrogen) atoms. The number of rotatable bonds is 5. The molecule has 0 unspecified atom stereocenters. The summed E-state index contributed by atoms with van der Waals surface area (Å²) in [6, 6.07) is 10.8. The Labute approximate surface area is 141 Å². The monoisotopic (exact) mass is 339 g/mol. The van der Waals surface area contributed by atoms with E-state index in [1.807, 2.05) is 0 Å². The Morgan fingerprint density at radius 1 is 1.04 bits per heavy atom. The zero-order valence-corrected chi connectivity index (χ0v) is 12.7. The summed E-state index contributed by atoms with van der Waals surface area (Å²) in [5.41, 5.74) is -0.502. The number of hydrogen-bond donors (Lipinski definition) is 0. The van der Waals surface area contributed by atoms with Crippen LogP contribution >= 0.6 is 0 Å². The molecular weight excluding hydrogens is 328 g/mol. The summed E-state index contributed by atoms with van der Waals surface area (Å²) in [7, 11) is 0. The van der Waals surface area contributed by atoms with Gasteiger partial charge in [0.05, 0.1) is 16.5 Å². The largest absolute Gasteiger partial charge is 0.550 e. The molecule has 1 aliphatic rings. The molecule has 8 nitrogen and oxygen atoms in total. The van der Waals surface area contributed by atoms with Crippen molar-refractivity contribution in [1.82, 2.24) is 4.90 Å². The standard InChI is InChI=1S/C17H12N2O6/c20-14(21)9-13(10-5-2-1-3-6-10)18-16(22)11-7-4-8-12(19(24)25)15(11)17(18)23/h1-8,13H,9H2,(H,20,21)/p-1/t13-/m1/s1. The summed E-state index contributed by atoms with van der Waals surface area (Å²) in [6.45, 7) is 0. The van der Waals surface area contributed by atoms with Gasteiger partial charge < -0.3 is 9.90 Å². The lowest BCUT2D eigenvalue weighted by Crippen LogP contribution is -2.38. The topological polar surface area (TPSA) is 121 Å². The lowest BCUT2D eigenvalue weighted by Gasteiger charge is -2.27. The van der Waals surface area contributed by atoms with Crippen molar-refractivity contribution in [3.63, 3.8) is 0 Å². The summed E-state index contributed by atoms with van der Waals surface area (Å²) in [5.74, 6) is -3.10. The zero-order chi connectivity index (χ0) is 18.1. The molecule has 8 heteroatoms. The molecular formula is C17H11N2O6-. The number of benzene rings is 2. The van der Waals surface area contributed by atoms with Crippen molar-refractivity contribution in [3.8, 4) is 0 Å². The third-order valence-electron chi connectivity index (χ3n) is 3.98. The molecule has 0 fully saturated rings. The molecule has 0 saturated carbocycles. The summed E-state index contributed by atoms with van der Waals surface area (Å²) in [4.78, 5) is 47.7. The first-order valence-corrected chi connectivity index (χ1v) is 7.32. The highest BCUT2D eigenvalue weighted by Gasteiger charge is 2.44. The third-order valence-corrected chi connectivity index (χ3v) is 3.98. The molecule has 1 atom stereocenters. The Morgan fingerprint density at radius 2 is 1.72 bits per heavy atom. The zero-order valence-electron chi connectivity index (χ0n) is 12.7. The van der Waals surface area contributed by atoms with E-state index < -0.39 is 40.9 Å². The van der Waals surface area contributed by atoms with Gasteiger partial charge >= 0.3 is 0 Å². The van der Waals surface area contributed by atoms with Gasteiger partial charge in [-0.15, -0.1) is 0 Å². The van der Waals surface area contributed by atoms with Crippen molar-refractivity contribution in [1.29, 1.82) is 0 Å². The number of carbonyl (C=O) groups is 3. The fourth-order valence-electron chi connectivity index (χ4n) is 2.91. The maximum atomic E-state index is 12.7. The summed E-state index contributed by atoms with van der Waals surface area (Å²) in [6.07, 6.45) is -0.608. The third kappa shape index (κ3) is 2.74. The maximum Gasteiger partial charge on any atom is 0.282 e. The fourth-order valence-corrected chi connectivity index (χ4v) is 2.91. The van der Waals surface area contributed by atoms with Crippen LogP contribution in [0.4, 0.5) is 5.69 Å². The minimum atomic E-state index is -1.44. The Morgan fingerprint density at radius 3 is 2.32 bits per heavy atom. The van der Waals surface area contributed by atoms with Crippen LogP contribution < -0.4 is 5.11 Å². The van der Waals surface area contributed by atoms with Gasteiger partial charge in [-0.3, -0.25) is 24.6 Å². The molecule has 2 aromatic rings. The molecule has 0 aromatic heterocycles. The molecule has 0 bridgehead atoms. The Hall–Kier alpha value is -3.55. The predicted octanol–water partition coefficient (Wildman–Crippen LogP) is 1.07. The van der Waals surface area contributed by atoms with Gasteiger partial charge in [0.1, 0.15) is 5.56 Å². The van der Waals surface area contributed by atoms with E-state index in [-0.39, 0.29) is 11.1 Å². The van der Waals surface area contributed by atoms with E-state index in [0.717, 1.165) is 11.0 Å². The van der Waals surface area contributed by atoms with E-state index in [1.165, 1.54) is 12.1 Å². The van der Waals surface area contributed by atoms with Crippen LogP contribution in [-0.4, -0.2) is 27.6 Å². The van der Waals surface area contributed by atoms with Crippen molar-refractivity contribution in [2.24, 2.45) is 0 Å². The highest BCUT2D eigenvalue weighted by atomic mass is 16.6. The average molecular weight is 339 g/mol. The molecule has 2 aromatic carbocycles. The number of amides is 2. The number of nitro groups is 1. The highest BCUT2D eigenvalue weighted by Crippen LogP contribution is 2.37. The normalized spacial score (nSPS) is 14.3. The van der Waals surface area contributed by atoms with Gasteiger partial charge in [-0.1, -0.05) is 36.4 Å². The number of carboxylic acid groups (broad SMARTS) is 1. The van der Waals surface area contributed by atoms with Crippen molar-refractivity contribution >= 4 is 23.5 Å². The number of hydrogen-bond acceptors (Lipinski definition) is 6. The predicted molar refractivity (Wildman–Crippen MR) is 82.4 cm³/mol. The van der Waals surface area contributed by atoms with Crippen LogP contribution in [0.15, 0.2) is 48.5 Å². The van der Waals surface area contributed by atoms with Gasteiger partial charge in [-0.25, -0.2) is 0 Å². The number of nitrogens with zero attached hydrogens (tertiary/aromatic N) is 2. The average Bonchev–Trinajstić information content (AvgIpc) is 2.84. The van der Waals surface area contributed by atoms with E-state index in [9.17, 15) is 29.6 Å². The number of aliphatic carboxylic acids is 1. The maximum absolute atomic E-state index is 12.7. The molecule has 1 aliphatic heterocycles. The van der Waals surface area contributed by atoms with Gasteiger partial charge in [0.2, 0.25) is 0 Å².